The number of carbonyl (C=O) groups excluding carboxylic acids is 1. The molecule has 3 rings (SSSR count). The van der Waals surface area contributed by atoms with Gasteiger partial charge in [0.2, 0.25) is 0 Å². The third-order valence-electron chi connectivity index (χ3n) is 5.25. The van der Waals surface area contributed by atoms with Gasteiger partial charge in [0, 0.05) is 11.3 Å². The molecule has 0 spiro atoms. The maximum absolute atomic E-state index is 12.3. The third-order valence-corrected chi connectivity index (χ3v) is 5.45. The molecule has 0 unspecified atom stereocenters. The van der Waals surface area contributed by atoms with E-state index in [1.807, 2.05) is 49.4 Å². The van der Waals surface area contributed by atoms with Crippen LogP contribution in [0.4, 0.5) is 5.69 Å². The molecule has 0 bridgehead atoms. The van der Waals surface area contributed by atoms with Crippen LogP contribution in [0.2, 0.25) is 0 Å². The van der Waals surface area contributed by atoms with Crippen molar-refractivity contribution in [1.82, 2.24) is 5.32 Å². The van der Waals surface area contributed by atoms with Gasteiger partial charge in [0.25, 0.3) is 5.91 Å². The molecule has 1 fully saturated rings. The first kappa shape index (κ1) is 20.3. The Morgan fingerprint density at radius 1 is 1.07 bits per heavy atom. The van der Waals surface area contributed by atoms with Crippen LogP contribution in [0.15, 0.2) is 48.5 Å². The molecular formula is C23H28N2O2S. The molecule has 0 radical (unpaired) electrons. The quantitative estimate of drug-likeness (QED) is 0.636. The van der Waals surface area contributed by atoms with Gasteiger partial charge in [-0.2, -0.15) is 0 Å². The lowest BCUT2D eigenvalue weighted by atomic mass is 9.87. The molecule has 0 saturated heterocycles. The topological polar surface area (TPSA) is 50.4 Å². The maximum atomic E-state index is 12.3. The molecule has 1 aliphatic carbocycles. The fourth-order valence-electron chi connectivity index (χ4n) is 3.61. The number of carbonyl (C=O) groups is 1. The summed E-state index contributed by atoms with van der Waals surface area (Å²) in [6, 6.07) is 15.1. The SMILES string of the molecule is Cc1ccccc1C(=O)NC(=S)Nc1ccc(OCCC2CCCCC2)cc1. The summed E-state index contributed by atoms with van der Waals surface area (Å²) in [5.74, 6) is 1.47. The molecule has 2 aromatic carbocycles. The van der Waals surface area contributed by atoms with Crippen molar-refractivity contribution >= 4 is 28.9 Å². The largest absolute Gasteiger partial charge is 0.494 e. The summed E-state index contributed by atoms with van der Waals surface area (Å²) in [6.07, 6.45) is 7.94. The lowest BCUT2D eigenvalue weighted by Gasteiger charge is -2.21. The van der Waals surface area contributed by atoms with Gasteiger partial charge in [0.05, 0.1) is 6.61 Å². The number of ether oxygens (including phenoxy) is 1. The van der Waals surface area contributed by atoms with Gasteiger partial charge in [-0.05, 0) is 67.4 Å². The molecule has 2 aromatic rings. The number of amides is 1. The molecule has 5 heteroatoms. The van der Waals surface area contributed by atoms with Crippen molar-refractivity contribution in [2.45, 2.75) is 45.4 Å². The summed E-state index contributed by atoms with van der Waals surface area (Å²) in [7, 11) is 0. The van der Waals surface area contributed by atoms with Crippen molar-refractivity contribution in [2.75, 3.05) is 11.9 Å². The molecule has 148 valence electrons. The Morgan fingerprint density at radius 2 is 1.79 bits per heavy atom. The van der Waals surface area contributed by atoms with E-state index in [0.717, 1.165) is 35.9 Å². The van der Waals surface area contributed by atoms with Crippen LogP contribution in [-0.2, 0) is 0 Å². The molecule has 1 saturated carbocycles. The van der Waals surface area contributed by atoms with E-state index in [1.165, 1.54) is 32.1 Å². The molecule has 0 aliphatic heterocycles. The van der Waals surface area contributed by atoms with Crippen molar-refractivity contribution in [1.29, 1.82) is 0 Å². The minimum Gasteiger partial charge on any atom is -0.494 e. The maximum Gasteiger partial charge on any atom is 0.257 e. The van der Waals surface area contributed by atoms with Gasteiger partial charge in [-0.3, -0.25) is 10.1 Å². The predicted octanol–water partition coefficient (Wildman–Crippen LogP) is 5.47. The third kappa shape index (κ3) is 6.06. The van der Waals surface area contributed by atoms with Crippen LogP contribution in [0.5, 0.6) is 5.75 Å². The van der Waals surface area contributed by atoms with Gasteiger partial charge in [0.1, 0.15) is 5.75 Å². The lowest BCUT2D eigenvalue weighted by molar-refractivity contribution is 0.0977. The molecule has 1 aliphatic rings. The monoisotopic (exact) mass is 396 g/mol. The number of thiocarbonyl (C=S) groups is 1. The van der Waals surface area contributed by atoms with E-state index in [-0.39, 0.29) is 11.0 Å². The Labute approximate surface area is 172 Å². The van der Waals surface area contributed by atoms with Crippen molar-refractivity contribution in [2.24, 2.45) is 5.92 Å². The molecule has 0 aromatic heterocycles. The normalized spacial score (nSPS) is 14.3. The van der Waals surface area contributed by atoms with E-state index < -0.39 is 0 Å². The van der Waals surface area contributed by atoms with Crippen molar-refractivity contribution in [3.05, 3.63) is 59.7 Å². The van der Waals surface area contributed by atoms with Crippen LogP contribution in [0.25, 0.3) is 0 Å². The summed E-state index contributed by atoms with van der Waals surface area (Å²) >= 11 is 5.26. The Bertz CT molecular complexity index is 799. The zero-order chi connectivity index (χ0) is 19.8. The van der Waals surface area contributed by atoms with Crippen LogP contribution >= 0.6 is 12.2 Å². The Morgan fingerprint density at radius 3 is 2.50 bits per heavy atom. The zero-order valence-corrected chi connectivity index (χ0v) is 17.2. The molecule has 4 nitrogen and oxygen atoms in total. The Balaban J connectivity index is 1.43. The second-order valence-corrected chi connectivity index (χ2v) is 7.80. The van der Waals surface area contributed by atoms with E-state index >= 15 is 0 Å². The molecule has 2 N–H and O–H groups in total. The highest BCUT2D eigenvalue weighted by Crippen LogP contribution is 2.26. The van der Waals surface area contributed by atoms with E-state index in [4.69, 9.17) is 17.0 Å². The van der Waals surface area contributed by atoms with Gasteiger partial charge >= 0.3 is 0 Å². The summed E-state index contributed by atoms with van der Waals surface area (Å²) in [5.41, 5.74) is 2.35. The Kier molecular flexibility index (Phi) is 7.43. The standard InChI is InChI=1S/C23H28N2O2S/c1-17-7-5-6-10-21(17)22(26)25-23(28)24-19-11-13-20(14-12-19)27-16-15-18-8-3-2-4-9-18/h5-7,10-14,18H,2-4,8-9,15-16H2,1H3,(H2,24,25,26,28). The van der Waals surface area contributed by atoms with Crippen molar-refractivity contribution in [3.63, 3.8) is 0 Å². The number of hydrogen-bond donors (Lipinski definition) is 2. The predicted molar refractivity (Wildman–Crippen MR) is 118 cm³/mol. The van der Waals surface area contributed by atoms with E-state index in [0.29, 0.717) is 5.56 Å². The van der Waals surface area contributed by atoms with Gasteiger partial charge in [-0.15, -0.1) is 0 Å². The molecule has 0 heterocycles. The minimum absolute atomic E-state index is 0.210. The molecular weight excluding hydrogens is 368 g/mol. The first-order chi connectivity index (χ1) is 13.6. The van der Waals surface area contributed by atoms with Gasteiger partial charge in [-0.1, -0.05) is 50.3 Å². The van der Waals surface area contributed by atoms with E-state index in [1.54, 1.807) is 6.07 Å². The number of rotatable bonds is 6. The molecule has 0 atom stereocenters. The van der Waals surface area contributed by atoms with Crippen LogP contribution in [0.3, 0.4) is 0 Å². The summed E-state index contributed by atoms with van der Waals surface area (Å²) in [4.78, 5) is 12.3. The first-order valence-electron chi connectivity index (χ1n) is 10.0. The van der Waals surface area contributed by atoms with E-state index in [2.05, 4.69) is 10.6 Å². The minimum atomic E-state index is -0.210. The summed E-state index contributed by atoms with van der Waals surface area (Å²) in [6.45, 7) is 2.67. The molecule has 28 heavy (non-hydrogen) atoms. The molecule has 1 amide bonds. The van der Waals surface area contributed by atoms with Crippen LogP contribution in [0, 0.1) is 12.8 Å². The van der Waals surface area contributed by atoms with Crippen molar-refractivity contribution < 1.29 is 9.53 Å². The average molecular weight is 397 g/mol. The lowest BCUT2D eigenvalue weighted by Crippen LogP contribution is -2.34. The highest BCUT2D eigenvalue weighted by Gasteiger charge is 2.13. The van der Waals surface area contributed by atoms with Gasteiger partial charge < -0.3 is 10.1 Å². The van der Waals surface area contributed by atoms with Crippen LogP contribution in [-0.4, -0.2) is 17.6 Å². The second-order valence-electron chi connectivity index (χ2n) is 7.39. The summed E-state index contributed by atoms with van der Waals surface area (Å²) in [5, 5.41) is 6.04. The smallest absolute Gasteiger partial charge is 0.257 e. The average Bonchev–Trinajstić information content (AvgIpc) is 2.70. The summed E-state index contributed by atoms with van der Waals surface area (Å²) < 4.78 is 5.87. The first-order valence-corrected chi connectivity index (χ1v) is 10.4. The van der Waals surface area contributed by atoms with Crippen LogP contribution < -0.4 is 15.4 Å². The van der Waals surface area contributed by atoms with Gasteiger partial charge in [-0.25, -0.2) is 0 Å². The Hall–Kier alpha value is -2.40. The number of anilines is 1. The van der Waals surface area contributed by atoms with E-state index in [9.17, 15) is 4.79 Å². The van der Waals surface area contributed by atoms with Gasteiger partial charge in [0.15, 0.2) is 5.11 Å². The fraction of sp³-hybridized carbons (Fsp3) is 0.391. The highest BCUT2D eigenvalue weighted by atomic mass is 32.1. The second kappa shape index (κ2) is 10.2. The van der Waals surface area contributed by atoms with Crippen molar-refractivity contribution in [3.8, 4) is 5.75 Å². The number of aryl methyl sites for hydroxylation is 1. The number of nitrogens with one attached hydrogen (secondary N) is 2. The zero-order valence-electron chi connectivity index (χ0n) is 16.4. The fourth-order valence-corrected chi connectivity index (χ4v) is 3.82. The number of benzene rings is 2. The number of hydrogen-bond acceptors (Lipinski definition) is 3. The van der Waals surface area contributed by atoms with Crippen LogP contribution in [0.1, 0.15) is 54.4 Å². The highest BCUT2D eigenvalue weighted by molar-refractivity contribution is 7.80.